The summed E-state index contributed by atoms with van der Waals surface area (Å²) in [6, 6.07) is 8.19. The fraction of sp³-hybridized carbons (Fsp3) is 0.278. The quantitative estimate of drug-likeness (QED) is 0.699. The van der Waals surface area contributed by atoms with E-state index in [0.717, 1.165) is 29.3 Å². The molecule has 0 aliphatic heterocycles. The van der Waals surface area contributed by atoms with E-state index in [2.05, 4.69) is 36.2 Å². The van der Waals surface area contributed by atoms with Crippen LogP contribution in [0.1, 0.15) is 29.0 Å². The van der Waals surface area contributed by atoms with E-state index in [0.29, 0.717) is 0 Å². The predicted molar refractivity (Wildman–Crippen MR) is 92.0 cm³/mol. The third kappa shape index (κ3) is 2.33. The van der Waals surface area contributed by atoms with Crippen molar-refractivity contribution >= 4 is 11.3 Å². The lowest BCUT2D eigenvalue weighted by Crippen LogP contribution is -2.01. The molecule has 1 aromatic carbocycles. The first-order valence-electron chi connectivity index (χ1n) is 7.12. The second-order valence-electron chi connectivity index (χ2n) is 5.48. The van der Waals surface area contributed by atoms with Crippen LogP contribution in [-0.4, -0.2) is 10.2 Å². The average molecular weight is 312 g/mol. The molecule has 3 aromatic rings. The average Bonchev–Trinajstić information content (AvgIpc) is 3.06. The van der Waals surface area contributed by atoms with E-state index in [-0.39, 0.29) is 7.43 Å². The number of rotatable bonds is 2. The lowest BCUT2D eigenvalue weighted by atomic mass is 9.92. The molecule has 2 heterocycles. The SMILES string of the molecule is C.Cc1ccc(Oc2sc(C)c3c2-c2[nH]ncc2CC3)cc1. The molecule has 1 aliphatic rings. The molecule has 0 atom stereocenters. The van der Waals surface area contributed by atoms with Crippen molar-refractivity contribution in [1.29, 1.82) is 0 Å². The zero-order valence-electron chi connectivity index (χ0n) is 12.1. The minimum absolute atomic E-state index is 0. The van der Waals surface area contributed by atoms with Gasteiger partial charge in [-0.05, 0) is 49.9 Å². The van der Waals surface area contributed by atoms with Gasteiger partial charge in [0.15, 0.2) is 5.06 Å². The molecule has 0 saturated carbocycles. The van der Waals surface area contributed by atoms with Gasteiger partial charge >= 0.3 is 0 Å². The summed E-state index contributed by atoms with van der Waals surface area (Å²) >= 11 is 1.73. The van der Waals surface area contributed by atoms with Crippen molar-refractivity contribution in [1.82, 2.24) is 10.2 Å². The van der Waals surface area contributed by atoms with E-state index < -0.39 is 0 Å². The molecule has 3 nitrogen and oxygen atoms in total. The van der Waals surface area contributed by atoms with Crippen molar-refractivity contribution in [2.24, 2.45) is 0 Å². The van der Waals surface area contributed by atoms with Gasteiger partial charge in [-0.3, -0.25) is 5.10 Å². The molecule has 0 radical (unpaired) electrons. The van der Waals surface area contributed by atoms with Crippen molar-refractivity contribution in [3.05, 3.63) is 52.0 Å². The van der Waals surface area contributed by atoms with E-state index in [1.807, 2.05) is 18.3 Å². The Labute approximate surface area is 135 Å². The Hall–Kier alpha value is -2.07. The van der Waals surface area contributed by atoms with Crippen LogP contribution >= 0.6 is 11.3 Å². The molecule has 22 heavy (non-hydrogen) atoms. The summed E-state index contributed by atoms with van der Waals surface area (Å²) in [6.45, 7) is 4.25. The number of aromatic amines is 1. The lowest BCUT2D eigenvalue weighted by Gasteiger charge is -2.14. The molecule has 1 N–H and O–H groups in total. The highest BCUT2D eigenvalue weighted by Crippen LogP contribution is 2.47. The van der Waals surface area contributed by atoms with Crippen LogP contribution in [0.4, 0.5) is 0 Å². The first-order chi connectivity index (χ1) is 10.2. The van der Waals surface area contributed by atoms with Crippen molar-refractivity contribution < 1.29 is 4.74 Å². The number of H-pyrrole nitrogens is 1. The van der Waals surface area contributed by atoms with Gasteiger partial charge in [0, 0.05) is 4.88 Å². The molecule has 2 aromatic heterocycles. The van der Waals surface area contributed by atoms with Gasteiger partial charge in [-0.25, -0.2) is 0 Å². The maximum Gasteiger partial charge on any atom is 0.190 e. The number of nitrogens with one attached hydrogen (secondary N) is 1. The number of aromatic nitrogens is 2. The Bertz CT molecular complexity index is 799. The van der Waals surface area contributed by atoms with Crippen LogP contribution in [0.2, 0.25) is 0 Å². The molecule has 4 heteroatoms. The number of hydrogen-bond donors (Lipinski definition) is 1. The molecule has 0 saturated heterocycles. The van der Waals surface area contributed by atoms with Crippen LogP contribution in [-0.2, 0) is 12.8 Å². The minimum atomic E-state index is 0. The second-order valence-corrected chi connectivity index (χ2v) is 6.67. The fourth-order valence-electron chi connectivity index (χ4n) is 2.87. The topological polar surface area (TPSA) is 37.9 Å². The van der Waals surface area contributed by atoms with Crippen molar-refractivity contribution in [2.75, 3.05) is 0 Å². The maximum atomic E-state index is 6.15. The summed E-state index contributed by atoms with van der Waals surface area (Å²) in [6.07, 6.45) is 4.06. The maximum absolute atomic E-state index is 6.15. The summed E-state index contributed by atoms with van der Waals surface area (Å²) in [7, 11) is 0. The summed E-state index contributed by atoms with van der Waals surface area (Å²) in [5, 5.41) is 8.30. The van der Waals surface area contributed by atoms with Gasteiger partial charge in [0.2, 0.25) is 0 Å². The first kappa shape index (κ1) is 14.9. The van der Waals surface area contributed by atoms with E-state index in [9.17, 15) is 0 Å². The van der Waals surface area contributed by atoms with E-state index in [1.54, 1.807) is 11.3 Å². The number of fused-ring (bicyclic) bond motifs is 3. The molecule has 1 aliphatic carbocycles. The zero-order chi connectivity index (χ0) is 14.4. The van der Waals surface area contributed by atoms with Crippen LogP contribution < -0.4 is 4.74 Å². The highest BCUT2D eigenvalue weighted by atomic mass is 32.1. The van der Waals surface area contributed by atoms with Gasteiger partial charge < -0.3 is 4.74 Å². The van der Waals surface area contributed by atoms with Crippen LogP contribution in [0, 0.1) is 13.8 Å². The largest absolute Gasteiger partial charge is 0.446 e. The van der Waals surface area contributed by atoms with E-state index in [1.165, 1.54) is 27.1 Å². The fourth-order valence-corrected chi connectivity index (χ4v) is 3.94. The molecule has 0 bridgehead atoms. The Kier molecular flexibility index (Phi) is 3.79. The number of nitrogens with zero attached hydrogens (tertiary/aromatic N) is 1. The number of benzene rings is 1. The van der Waals surface area contributed by atoms with Gasteiger partial charge in [-0.2, -0.15) is 5.10 Å². The van der Waals surface area contributed by atoms with E-state index >= 15 is 0 Å². The Balaban J connectivity index is 0.00000144. The van der Waals surface area contributed by atoms with Gasteiger partial charge in [0.1, 0.15) is 5.75 Å². The minimum Gasteiger partial charge on any atom is -0.446 e. The predicted octanol–water partition coefficient (Wildman–Crippen LogP) is 5.28. The van der Waals surface area contributed by atoms with Crippen LogP contribution in [0.15, 0.2) is 30.5 Å². The smallest absolute Gasteiger partial charge is 0.190 e. The number of thiophene rings is 1. The Morgan fingerprint density at radius 3 is 2.68 bits per heavy atom. The second kappa shape index (κ2) is 5.61. The lowest BCUT2D eigenvalue weighted by molar-refractivity contribution is 0.497. The Morgan fingerprint density at radius 1 is 1.14 bits per heavy atom. The van der Waals surface area contributed by atoms with E-state index in [4.69, 9.17) is 4.74 Å². The van der Waals surface area contributed by atoms with Crippen LogP contribution in [0.25, 0.3) is 11.3 Å². The van der Waals surface area contributed by atoms with Crippen molar-refractivity contribution in [3.8, 4) is 22.1 Å². The summed E-state index contributed by atoms with van der Waals surface area (Å²) < 4.78 is 6.15. The number of hydrogen-bond acceptors (Lipinski definition) is 3. The highest BCUT2D eigenvalue weighted by Gasteiger charge is 2.26. The van der Waals surface area contributed by atoms with Crippen molar-refractivity contribution in [2.45, 2.75) is 34.1 Å². The molecule has 4 rings (SSSR count). The highest BCUT2D eigenvalue weighted by molar-refractivity contribution is 7.14. The standard InChI is InChI=1S/C17H16N2OS.CH4/c1-10-3-6-13(7-4-10)20-17-15-14(11(2)21-17)8-5-12-9-18-19-16(12)15;/h3-4,6-7,9H,5,8H2,1-2H3,(H,18,19);1H4. The first-order valence-corrected chi connectivity index (χ1v) is 7.93. The molecule has 0 spiro atoms. The Morgan fingerprint density at radius 2 is 1.91 bits per heavy atom. The zero-order valence-corrected chi connectivity index (χ0v) is 12.9. The van der Waals surface area contributed by atoms with Gasteiger partial charge in [0.05, 0.1) is 17.5 Å². The third-order valence-corrected chi connectivity index (χ3v) is 5.05. The van der Waals surface area contributed by atoms with Gasteiger partial charge in [-0.15, -0.1) is 11.3 Å². The normalized spacial score (nSPS) is 12.3. The van der Waals surface area contributed by atoms with Gasteiger partial charge in [0.25, 0.3) is 0 Å². The molecule has 114 valence electrons. The molecular weight excluding hydrogens is 292 g/mol. The van der Waals surface area contributed by atoms with Gasteiger partial charge in [-0.1, -0.05) is 25.1 Å². The molecular formula is C18H20N2OS. The van der Waals surface area contributed by atoms with Crippen LogP contribution in [0.3, 0.4) is 0 Å². The van der Waals surface area contributed by atoms with Crippen molar-refractivity contribution in [3.63, 3.8) is 0 Å². The third-order valence-electron chi connectivity index (χ3n) is 4.02. The molecule has 0 amide bonds. The number of ether oxygens (including phenoxy) is 1. The summed E-state index contributed by atoms with van der Waals surface area (Å²) in [5.74, 6) is 0.885. The molecule has 0 unspecified atom stereocenters. The summed E-state index contributed by atoms with van der Waals surface area (Å²) in [4.78, 5) is 1.34. The summed E-state index contributed by atoms with van der Waals surface area (Å²) in [5.41, 5.74) is 6.26. The van der Waals surface area contributed by atoms with Crippen LogP contribution in [0.5, 0.6) is 10.8 Å². The monoisotopic (exact) mass is 312 g/mol. The molecule has 0 fully saturated rings. The number of aryl methyl sites for hydroxylation is 3.